The van der Waals surface area contributed by atoms with Crippen LogP contribution in [0.2, 0.25) is 0 Å². The maximum absolute atomic E-state index is 6.04. The highest BCUT2D eigenvalue weighted by Gasteiger charge is 2.10. The van der Waals surface area contributed by atoms with Crippen molar-refractivity contribution < 1.29 is 4.74 Å². The summed E-state index contributed by atoms with van der Waals surface area (Å²) in [7, 11) is 3.67. The van der Waals surface area contributed by atoms with Crippen LogP contribution in [0, 0.1) is 0 Å². The Balaban J connectivity index is 2.48. The van der Waals surface area contributed by atoms with Gasteiger partial charge in [0.15, 0.2) is 0 Å². The number of hydrogen-bond acceptors (Lipinski definition) is 3. The van der Waals surface area contributed by atoms with Crippen molar-refractivity contribution in [1.29, 1.82) is 0 Å². The van der Waals surface area contributed by atoms with Crippen LogP contribution in [-0.4, -0.2) is 31.1 Å². The third kappa shape index (κ3) is 2.67. The molecule has 1 aromatic carbocycles. The quantitative estimate of drug-likeness (QED) is 0.793. The number of anilines is 1. The highest BCUT2D eigenvalue weighted by molar-refractivity contribution is 6.20. The van der Waals surface area contributed by atoms with E-state index in [9.17, 15) is 0 Å². The Hall–Kier alpha value is -1.48. The Morgan fingerprint density at radius 2 is 2.17 bits per heavy atom. The second kappa shape index (κ2) is 5.44. The molecule has 4 heteroatoms. The summed E-state index contributed by atoms with van der Waals surface area (Å²) in [4.78, 5) is 6.52. The van der Waals surface area contributed by atoms with Crippen molar-refractivity contribution in [3.63, 3.8) is 0 Å². The zero-order valence-electron chi connectivity index (χ0n) is 10.9. The molecular weight excluding hydrogens is 248 g/mol. The number of rotatable bonds is 4. The number of aromatic nitrogens is 1. The fourth-order valence-corrected chi connectivity index (χ4v) is 2.23. The largest absolute Gasteiger partial charge is 0.497 e. The number of ether oxygens (including phenoxy) is 1. The molecule has 0 radical (unpaired) electrons. The van der Waals surface area contributed by atoms with E-state index >= 15 is 0 Å². The van der Waals surface area contributed by atoms with Crippen LogP contribution in [-0.2, 0) is 0 Å². The number of methoxy groups -OCH3 is 1. The van der Waals surface area contributed by atoms with Crippen molar-refractivity contribution in [3.8, 4) is 5.75 Å². The van der Waals surface area contributed by atoms with Gasteiger partial charge in [0, 0.05) is 30.6 Å². The van der Waals surface area contributed by atoms with Gasteiger partial charge >= 0.3 is 0 Å². The van der Waals surface area contributed by atoms with E-state index in [4.69, 9.17) is 16.3 Å². The van der Waals surface area contributed by atoms with Gasteiger partial charge in [0.2, 0.25) is 0 Å². The van der Waals surface area contributed by atoms with E-state index in [1.54, 1.807) is 7.11 Å². The van der Waals surface area contributed by atoms with E-state index in [1.165, 1.54) is 0 Å². The van der Waals surface area contributed by atoms with Crippen molar-refractivity contribution >= 4 is 28.2 Å². The van der Waals surface area contributed by atoms with Gasteiger partial charge in [-0.05, 0) is 30.5 Å². The predicted molar refractivity (Wildman–Crippen MR) is 76.9 cm³/mol. The number of nitrogens with zero attached hydrogens (tertiary/aromatic N) is 2. The number of halogens is 1. The Bertz CT molecular complexity index is 542. The van der Waals surface area contributed by atoms with Gasteiger partial charge in [0.25, 0.3) is 0 Å². The molecule has 0 fully saturated rings. The van der Waals surface area contributed by atoms with Crippen molar-refractivity contribution in [2.75, 3.05) is 25.6 Å². The third-order valence-corrected chi connectivity index (χ3v) is 2.98. The van der Waals surface area contributed by atoms with Crippen LogP contribution < -0.4 is 9.64 Å². The molecule has 0 saturated carbocycles. The van der Waals surface area contributed by atoms with Gasteiger partial charge in [-0.15, -0.1) is 11.6 Å². The molecule has 96 valence electrons. The Kier molecular flexibility index (Phi) is 3.92. The van der Waals surface area contributed by atoms with E-state index < -0.39 is 0 Å². The lowest BCUT2D eigenvalue weighted by Gasteiger charge is -2.21. The normalized spacial score (nSPS) is 12.4. The van der Waals surface area contributed by atoms with Gasteiger partial charge < -0.3 is 9.64 Å². The van der Waals surface area contributed by atoms with Gasteiger partial charge in [-0.1, -0.05) is 6.07 Å². The zero-order chi connectivity index (χ0) is 13.1. The fourth-order valence-electron chi connectivity index (χ4n) is 2.03. The lowest BCUT2D eigenvalue weighted by molar-refractivity contribution is 0.415. The fraction of sp³-hybridized carbons (Fsp3) is 0.357. The monoisotopic (exact) mass is 264 g/mol. The van der Waals surface area contributed by atoms with Crippen molar-refractivity contribution in [1.82, 2.24) is 4.98 Å². The highest BCUT2D eigenvalue weighted by atomic mass is 35.5. The minimum atomic E-state index is 0.0812. The summed E-state index contributed by atoms with van der Waals surface area (Å²) in [5.41, 5.74) is 0. The lowest BCUT2D eigenvalue weighted by atomic mass is 10.1. The first-order valence-corrected chi connectivity index (χ1v) is 6.33. The van der Waals surface area contributed by atoms with Crippen LogP contribution in [0.25, 0.3) is 10.8 Å². The van der Waals surface area contributed by atoms with E-state index in [1.807, 2.05) is 44.4 Å². The highest BCUT2D eigenvalue weighted by Crippen LogP contribution is 2.27. The van der Waals surface area contributed by atoms with Crippen molar-refractivity contribution in [3.05, 3.63) is 30.5 Å². The average Bonchev–Trinajstić information content (AvgIpc) is 2.36. The average molecular weight is 265 g/mol. The number of pyridine rings is 1. The molecule has 1 unspecified atom stereocenters. The molecule has 1 heterocycles. The molecule has 0 amide bonds. The molecule has 0 bridgehead atoms. The van der Waals surface area contributed by atoms with Crippen LogP contribution in [0.3, 0.4) is 0 Å². The summed E-state index contributed by atoms with van der Waals surface area (Å²) in [6, 6.07) is 8.00. The molecule has 0 saturated heterocycles. The summed E-state index contributed by atoms with van der Waals surface area (Å²) < 4.78 is 5.27. The summed E-state index contributed by atoms with van der Waals surface area (Å²) in [6.45, 7) is 2.73. The van der Waals surface area contributed by atoms with Crippen LogP contribution in [0.1, 0.15) is 6.92 Å². The molecule has 0 N–H and O–H groups in total. The molecule has 1 atom stereocenters. The van der Waals surface area contributed by atoms with Gasteiger partial charge in [-0.25, -0.2) is 4.98 Å². The van der Waals surface area contributed by atoms with Crippen LogP contribution in [0.4, 0.5) is 5.82 Å². The zero-order valence-corrected chi connectivity index (χ0v) is 11.6. The van der Waals surface area contributed by atoms with E-state index in [-0.39, 0.29) is 5.38 Å². The number of hydrogen-bond donors (Lipinski definition) is 0. The molecule has 2 rings (SSSR count). The van der Waals surface area contributed by atoms with Crippen molar-refractivity contribution in [2.45, 2.75) is 12.3 Å². The molecule has 18 heavy (non-hydrogen) atoms. The first kappa shape index (κ1) is 13.0. The van der Waals surface area contributed by atoms with Crippen LogP contribution in [0.5, 0.6) is 5.75 Å². The second-order valence-corrected chi connectivity index (χ2v) is 5.13. The molecule has 1 aromatic heterocycles. The molecule has 3 nitrogen and oxygen atoms in total. The second-order valence-electron chi connectivity index (χ2n) is 4.38. The third-order valence-electron chi connectivity index (χ3n) is 2.84. The van der Waals surface area contributed by atoms with E-state index in [2.05, 4.69) is 9.88 Å². The number of alkyl halides is 1. The number of benzene rings is 1. The van der Waals surface area contributed by atoms with E-state index in [0.717, 1.165) is 28.9 Å². The maximum atomic E-state index is 6.04. The summed E-state index contributed by atoms with van der Waals surface area (Å²) in [5, 5.41) is 2.31. The predicted octanol–water partition coefficient (Wildman–Crippen LogP) is 3.31. The maximum Gasteiger partial charge on any atom is 0.136 e. The summed E-state index contributed by atoms with van der Waals surface area (Å²) in [5.74, 6) is 1.77. The summed E-state index contributed by atoms with van der Waals surface area (Å²) >= 11 is 6.04. The van der Waals surface area contributed by atoms with E-state index in [0.29, 0.717) is 0 Å². The lowest BCUT2D eigenvalue weighted by Crippen LogP contribution is -2.25. The smallest absolute Gasteiger partial charge is 0.136 e. The molecule has 0 aliphatic carbocycles. The summed E-state index contributed by atoms with van der Waals surface area (Å²) in [6.07, 6.45) is 1.82. The molecule has 0 aliphatic rings. The topological polar surface area (TPSA) is 25.4 Å². The first-order valence-electron chi connectivity index (χ1n) is 5.90. The van der Waals surface area contributed by atoms with Crippen LogP contribution in [0.15, 0.2) is 30.5 Å². The molecular formula is C14H17ClN2O. The molecule has 2 aromatic rings. The van der Waals surface area contributed by atoms with Gasteiger partial charge in [-0.3, -0.25) is 0 Å². The molecule has 0 aliphatic heterocycles. The number of fused-ring (bicyclic) bond motifs is 1. The van der Waals surface area contributed by atoms with Gasteiger partial charge in [-0.2, -0.15) is 0 Å². The Labute approximate surface area is 112 Å². The van der Waals surface area contributed by atoms with Gasteiger partial charge in [0.05, 0.1) is 7.11 Å². The Morgan fingerprint density at radius 1 is 1.39 bits per heavy atom. The minimum absolute atomic E-state index is 0.0812. The molecule has 0 spiro atoms. The SMILES string of the molecule is COc1ccc2ccnc(N(C)CC(C)Cl)c2c1. The van der Waals surface area contributed by atoms with Gasteiger partial charge in [0.1, 0.15) is 11.6 Å². The Morgan fingerprint density at radius 3 is 2.83 bits per heavy atom. The minimum Gasteiger partial charge on any atom is -0.497 e. The standard InChI is InChI=1S/C14H17ClN2O/c1-10(15)9-17(2)14-13-8-12(18-3)5-4-11(13)6-7-16-14/h4-8,10H,9H2,1-3H3. The first-order chi connectivity index (χ1) is 8.61. The van der Waals surface area contributed by atoms with Crippen LogP contribution >= 0.6 is 11.6 Å². The van der Waals surface area contributed by atoms with Crippen molar-refractivity contribution in [2.24, 2.45) is 0 Å².